The molecule has 0 rings (SSSR count). The summed E-state index contributed by atoms with van der Waals surface area (Å²) in [6.45, 7) is 4.05. The molecule has 0 amide bonds. The van der Waals surface area contributed by atoms with Gasteiger partial charge in [-0.05, 0) is 6.42 Å². The SMILES string of the molecule is BBBCC.CCCC(=O)O. The molecule has 1 N–H and O–H groups in total. The van der Waals surface area contributed by atoms with E-state index in [1.54, 1.807) is 0 Å². The second-order valence-electron chi connectivity index (χ2n) is 2.50. The third-order valence-corrected chi connectivity index (χ3v) is 1.17. The quantitative estimate of drug-likeness (QED) is 0.560. The number of hydrogen-bond donors (Lipinski definition) is 1. The molecule has 0 atom stereocenters. The Morgan fingerprint density at radius 3 is 2.09 bits per heavy atom. The summed E-state index contributed by atoms with van der Waals surface area (Å²) in [5.74, 6) is -0.711. The predicted octanol–water partition coefficient (Wildman–Crippen LogP) is -0.368. The van der Waals surface area contributed by atoms with Gasteiger partial charge in [-0.2, -0.15) is 0 Å². The van der Waals surface area contributed by atoms with E-state index < -0.39 is 5.97 Å². The largest absolute Gasteiger partial charge is 0.481 e. The molecule has 0 aromatic carbocycles. The lowest BCUT2D eigenvalue weighted by Crippen LogP contribution is -1.98. The van der Waals surface area contributed by atoms with Gasteiger partial charge < -0.3 is 5.11 Å². The van der Waals surface area contributed by atoms with E-state index >= 15 is 0 Å². The molecule has 0 saturated carbocycles. The Kier molecular flexibility index (Phi) is 14.9. The Morgan fingerprint density at radius 2 is 2.09 bits per heavy atom. The van der Waals surface area contributed by atoms with Gasteiger partial charge in [0.2, 0.25) is 0 Å². The topological polar surface area (TPSA) is 37.3 Å². The van der Waals surface area contributed by atoms with Crippen molar-refractivity contribution in [1.29, 1.82) is 0 Å². The number of rotatable bonds is 4. The molecule has 0 fully saturated rings. The molecule has 0 aliphatic carbocycles. The van der Waals surface area contributed by atoms with Crippen LogP contribution in [0.15, 0.2) is 0 Å². The Bertz CT molecular complexity index is 85.9. The summed E-state index contributed by atoms with van der Waals surface area (Å²) in [7, 11) is 4.94. The van der Waals surface area contributed by atoms with E-state index in [1.165, 1.54) is 20.6 Å². The molecular weight excluding hydrogens is 136 g/mol. The minimum absolute atomic E-state index is 0.292. The first-order valence-corrected chi connectivity index (χ1v) is 4.40. The molecule has 0 unspecified atom stereocenters. The van der Waals surface area contributed by atoms with E-state index in [-0.39, 0.29) is 0 Å². The summed E-state index contributed by atoms with van der Waals surface area (Å²) in [5.41, 5.74) is 0. The fraction of sp³-hybridized carbons (Fsp3) is 0.833. The number of aliphatic carboxylic acids is 1. The molecule has 0 spiro atoms. The number of carboxylic acids is 1. The van der Waals surface area contributed by atoms with Crippen LogP contribution in [0.25, 0.3) is 0 Å². The first-order chi connectivity index (χ1) is 5.18. The van der Waals surface area contributed by atoms with Crippen LogP contribution in [0.2, 0.25) is 6.32 Å². The summed E-state index contributed by atoms with van der Waals surface area (Å²) in [6.07, 6.45) is 2.37. The predicted molar refractivity (Wildman–Crippen MR) is 55.9 cm³/mol. The van der Waals surface area contributed by atoms with E-state index in [0.29, 0.717) is 6.42 Å². The first-order valence-electron chi connectivity index (χ1n) is 4.40. The van der Waals surface area contributed by atoms with E-state index in [1.807, 2.05) is 6.92 Å². The van der Waals surface area contributed by atoms with Gasteiger partial charge in [0.15, 0.2) is 0 Å². The van der Waals surface area contributed by atoms with Crippen LogP contribution in [0.3, 0.4) is 0 Å². The van der Waals surface area contributed by atoms with E-state index in [0.717, 1.165) is 6.42 Å². The van der Waals surface area contributed by atoms with Crippen molar-refractivity contribution in [3.63, 3.8) is 0 Å². The maximum absolute atomic E-state index is 9.60. The van der Waals surface area contributed by atoms with Gasteiger partial charge in [-0.25, -0.2) is 0 Å². The van der Waals surface area contributed by atoms with Gasteiger partial charge in [-0.1, -0.05) is 20.2 Å². The molecule has 62 valence electrons. The highest BCUT2D eigenvalue weighted by Gasteiger charge is 1.87. The smallest absolute Gasteiger partial charge is 0.303 e. The lowest BCUT2D eigenvalue weighted by Gasteiger charge is -1.79. The molecule has 2 nitrogen and oxygen atoms in total. The Labute approximate surface area is 71.6 Å². The van der Waals surface area contributed by atoms with Crippen LogP contribution in [0.4, 0.5) is 0 Å². The summed E-state index contributed by atoms with van der Waals surface area (Å²) >= 11 is 0. The van der Waals surface area contributed by atoms with Gasteiger partial charge in [0.05, 0.1) is 22.0 Å². The third kappa shape index (κ3) is 26.1. The average molecular weight is 154 g/mol. The van der Waals surface area contributed by atoms with Crippen LogP contribution < -0.4 is 0 Å². The van der Waals surface area contributed by atoms with Crippen LogP contribution >= 0.6 is 0 Å². The molecule has 0 heterocycles. The van der Waals surface area contributed by atoms with Gasteiger partial charge in [-0.3, -0.25) is 4.79 Å². The highest BCUT2D eigenvalue weighted by Crippen LogP contribution is 1.82. The molecule has 0 aromatic rings. The highest BCUT2D eigenvalue weighted by atomic mass is 16.4. The Hall–Kier alpha value is -0.335. The molecule has 0 aromatic heterocycles. The molecular formula is C6H17B3O2. The molecule has 11 heavy (non-hydrogen) atoms. The molecule has 5 heteroatoms. The maximum Gasteiger partial charge on any atom is 0.303 e. The minimum Gasteiger partial charge on any atom is -0.481 e. The summed E-state index contributed by atoms with van der Waals surface area (Å²) in [5, 5.41) is 7.91. The molecule has 0 radical (unpaired) electrons. The summed E-state index contributed by atoms with van der Waals surface area (Å²) in [4.78, 5) is 9.60. The van der Waals surface area contributed by atoms with Crippen LogP contribution in [-0.2, 0) is 4.79 Å². The lowest BCUT2D eigenvalue weighted by molar-refractivity contribution is -0.137. The van der Waals surface area contributed by atoms with E-state index in [2.05, 4.69) is 14.7 Å². The van der Waals surface area contributed by atoms with Crippen molar-refractivity contribution in [3.8, 4) is 0 Å². The number of carbonyl (C=O) groups is 1. The third-order valence-electron chi connectivity index (χ3n) is 1.17. The number of hydrogen-bond acceptors (Lipinski definition) is 1. The normalized spacial score (nSPS) is 7.45. The van der Waals surface area contributed by atoms with Crippen LogP contribution in [0.5, 0.6) is 0 Å². The van der Waals surface area contributed by atoms with Crippen LogP contribution in [-0.4, -0.2) is 33.0 Å². The molecule has 0 saturated heterocycles. The molecule has 0 aliphatic rings. The van der Waals surface area contributed by atoms with Crippen LogP contribution in [0.1, 0.15) is 26.7 Å². The minimum atomic E-state index is -0.711. The van der Waals surface area contributed by atoms with Crippen molar-refractivity contribution >= 4 is 27.9 Å². The van der Waals surface area contributed by atoms with Crippen molar-refractivity contribution < 1.29 is 9.90 Å². The zero-order valence-electron chi connectivity index (χ0n) is 7.89. The van der Waals surface area contributed by atoms with Crippen molar-refractivity contribution in [1.82, 2.24) is 0 Å². The average Bonchev–Trinajstić information content (AvgIpc) is 1.90. The highest BCUT2D eigenvalue weighted by molar-refractivity contribution is 7.23. The second kappa shape index (κ2) is 12.4. The molecule has 0 aliphatic heterocycles. The summed E-state index contributed by atoms with van der Waals surface area (Å²) < 4.78 is 0. The van der Waals surface area contributed by atoms with Crippen molar-refractivity contribution in [2.75, 3.05) is 0 Å². The van der Waals surface area contributed by atoms with Crippen molar-refractivity contribution in [2.45, 2.75) is 33.0 Å². The van der Waals surface area contributed by atoms with Gasteiger partial charge in [-0.15, -0.1) is 0 Å². The fourth-order valence-electron chi connectivity index (χ4n) is 0.567. The van der Waals surface area contributed by atoms with Crippen molar-refractivity contribution in [2.24, 2.45) is 0 Å². The van der Waals surface area contributed by atoms with Crippen molar-refractivity contribution in [3.05, 3.63) is 0 Å². The van der Waals surface area contributed by atoms with Gasteiger partial charge >= 0.3 is 5.97 Å². The van der Waals surface area contributed by atoms with Gasteiger partial charge in [0.25, 0.3) is 0 Å². The van der Waals surface area contributed by atoms with Gasteiger partial charge in [0.1, 0.15) is 0 Å². The standard InChI is InChI=1S/C4H8O2.C2H9B3/c1-2-3-4(5)6;1-2-4-5-3/h2-3H2,1H3,(H,5,6);4-5H,2-3H2,1H3. The van der Waals surface area contributed by atoms with E-state index in [4.69, 9.17) is 5.11 Å². The zero-order valence-corrected chi connectivity index (χ0v) is 7.89. The monoisotopic (exact) mass is 154 g/mol. The zero-order chi connectivity index (χ0) is 9.11. The maximum atomic E-state index is 9.60. The van der Waals surface area contributed by atoms with Gasteiger partial charge in [0, 0.05) is 6.42 Å². The second-order valence-corrected chi connectivity index (χ2v) is 2.50. The number of carboxylic acid groups (broad SMARTS) is 1. The molecule has 0 bridgehead atoms. The lowest BCUT2D eigenvalue weighted by atomic mass is 9.27. The Morgan fingerprint density at radius 1 is 1.55 bits per heavy atom. The van der Waals surface area contributed by atoms with Crippen LogP contribution in [0, 0.1) is 0 Å². The Balaban J connectivity index is 0. The first kappa shape index (κ1) is 13.3. The summed E-state index contributed by atoms with van der Waals surface area (Å²) in [6, 6.07) is 0. The van der Waals surface area contributed by atoms with E-state index in [9.17, 15) is 4.79 Å². The fourth-order valence-corrected chi connectivity index (χ4v) is 0.567.